The van der Waals surface area contributed by atoms with Crippen LogP contribution >= 0.6 is 0 Å². The highest BCUT2D eigenvalue weighted by molar-refractivity contribution is 4.98. The molecule has 3 fully saturated rings. The van der Waals surface area contributed by atoms with Crippen molar-refractivity contribution in [3.8, 4) is 0 Å². The molecule has 5 nitrogen and oxygen atoms in total. The van der Waals surface area contributed by atoms with E-state index in [0.717, 1.165) is 38.5 Å². The summed E-state index contributed by atoms with van der Waals surface area (Å²) >= 11 is 0. The maximum Gasteiger partial charge on any atom is 0.224 e. The maximum atomic E-state index is 10.2. The fraction of sp³-hybridized carbons (Fsp3) is 0.875. The Kier molecular flexibility index (Phi) is 4.66. The predicted octanol–water partition coefficient (Wildman–Crippen LogP) is 2.13. The molecule has 5 heteroatoms. The molecule has 2 spiro atoms. The Balaban J connectivity index is 1.81. The van der Waals surface area contributed by atoms with Crippen molar-refractivity contribution in [1.82, 2.24) is 0 Å². The van der Waals surface area contributed by atoms with Crippen LogP contribution < -0.4 is 0 Å². The molecule has 0 unspecified atom stereocenters. The average Bonchev–Trinajstić information content (AvgIpc) is 2.52. The van der Waals surface area contributed by atoms with E-state index in [-0.39, 0.29) is 0 Å². The summed E-state index contributed by atoms with van der Waals surface area (Å²) in [6, 6.07) is 0. The van der Waals surface area contributed by atoms with Gasteiger partial charge in [-0.05, 0) is 32.1 Å². The van der Waals surface area contributed by atoms with Gasteiger partial charge in [-0.1, -0.05) is 6.08 Å². The van der Waals surface area contributed by atoms with Crippen molar-refractivity contribution < 1.29 is 24.1 Å². The molecule has 3 aliphatic heterocycles. The molecule has 21 heavy (non-hydrogen) atoms. The van der Waals surface area contributed by atoms with E-state index in [1.165, 1.54) is 0 Å². The summed E-state index contributed by atoms with van der Waals surface area (Å²) in [5.41, 5.74) is 0. The Morgan fingerprint density at radius 1 is 1.05 bits per heavy atom. The van der Waals surface area contributed by atoms with E-state index < -0.39 is 23.8 Å². The third-order valence-corrected chi connectivity index (χ3v) is 4.71. The molecule has 4 atom stereocenters. The smallest absolute Gasteiger partial charge is 0.224 e. The highest BCUT2D eigenvalue weighted by atomic mass is 16.8. The summed E-state index contributed by atoms with van der Waals surface area (Å²) in [6.07, 6.45) is 6.87. The van der Waals surface area contributed by atoms with Crippen LogP contribution in [-0.2, 0) is 18.9 Å². The molecule has 3 aliphatic rings. The van der Waals surface area contributed by atoms with Crippen LogP contribution in [0.5, 0.6) is 0 Å². The molecule has 3 rings (SSSR count). The SMILES string of the molecule is C=CC[C@@H](O)[C@H]1CO[C@]2(CCCCO2)[C@@]2(CCCCO2)O1. The van der Waals surface area contributed by atoms with Gasteiger partial charge in [0.05, 0.1) is 25.9 Å². The normalized spacial score (nSPS) is 42.0. The summed E-state index contributed by atoms with van der Waals surface area (Å²) in [5.74, 6) is -1.66. The second kappa shape index (κ2) is 6.34. The number of aliphatic hydroxyl groups is 1. The van der Waals surface area contributed by atoms with Gasteiger partial charge in [0, 0.05) is 12.8 Å². The fourth-order valence-corrected chi connectivity index (χ4v) is 3.55. The maximum absolute atomic E-state index is 10.2. The Hall–Kier alpha value is -0.460. The van der Waals surface area contributed by atoms with Crippen molar-refractivity contribution in [3.63, 3.8) is 0 Å². The largest absolute Gasteiger partial charge is 0.390 e. The standard InChI is InChI=1S/C16H26O5/c1-2-7-13(17)14-12-20-15(8-3-5-10-18-15)16(21-14)9-4-6-11-19-16/h2,13-14,17H,1,3-12H2/t13-,14-,15-,16-/m1/s1. The van der Waals surface area contributed by atoms with Crippen LogP contribution in [0.1, 0.15) is 44.9 Å². The van der Waals surface area contributed by atoms with E-state index in [4.69, 9.17) is 18.9 Å². The van der Waals surface area contributed by atoms with Gasteiger partial charge in [0.15, 0.2) is 0 Å². The lowest BCUT2D eigenvalue weighted by molar-refractivity contribution is -0.470. The second-order valence-electron chi connectivity index (χ2n) is 6.18. The summed E-state index contributed by atoms with van der Waals surface area (Å²) in [6.45, 7) is 5.33. The Morgan fingerprint density at radius 2 is 1.71 bits per heavy atom. The number of hydrogen-bond donors (Lipinski definition) is 1. The van der Waals surface area contributed by atoms with Gasteiger partial charge in [-0.25, -0.2) is 0 Å². The number of aliphatic hydroxyl groups excluding tert-OH is 1. The van der Waals surface area contributed by atoms with E-state index >= 15 is 0 Å². The fourth-order valence-electron chi connectivity index (χ4n) is 3.55. The van der Waals surface area contributed by atoms with Gasteiger partial charge in [0.25, 0.3) is 0 Å². The summed E-state index contributed by atoms with van der Waals surface area (Å²) in [5, 5.41) is 10.2. The molecule has 3 saturated heterocycles. The van der Waals surface area contributed by atoms with Crippen molar-refractivity contribution in [1.29, 1.82) is 0 Å². The van der Waals surface area contributed by atoms with Crippen molar-refractivity contribution in [2.45, 2.75) is 68.7 Å². The van der Waals surface area contributed by atoms with Gasteiger partial charge in [0.1, 0.15) is 6.10 Å². The van der Waals surface area contributed by atoms with Crippen molar-refractivity contribution in [2.75, 3.05) is 19.8 Å². The number of rotatable bonds is 3. The predicted molar refractivity (Wildman–Crippen MR) is 76.7 cm³/mol. The molecule has 0 aromatic heterocycles. The quantitative estimate of drug-likeness (QED) is 0.809. The minimum absolute atomic E-state index is 0.333. The topological polar surface area (TPSA) is 57.2 Å². The van der Waals surface area contributed by atoms with Crippen LogP contribution in [0.15, 0.2) is 12.7 Å². The molecule has 0 aliphatic carbocycles. The Labute approximate surface area is 126 Å². The van der Waals surface area contributed by atoms with E-state index in [2.05, 4.69) is 6.58 Å². The van der Waals surface area contributed by atoms with Crippen LogP contribution in [0.4, 0.5) is 0 Å². The lowest BCUT2D eigenvalue weighted by Crippen LogP contribution is -2.69. The molecule has 0 bridgehead atoms. The molecule has 0 aromatic rings. The molecule has 120 valence electrons. The molecular formula is C16H26O5. The molecule has 0 radical (unpaired) electrons. The van der Waals surface area contributed by atoms with E-state index in [1.54, 1.807) is 6.08 Å². The van der Waals surface area contributed by atoms with E-state index in [9.17, 15) is 5.11 Å². The van der Waals surface area contributed by atoms with E-state index in [0.29, 0.717) is 26.2 Å². The van der Waals surface area contributed by atoms with Gasteiger partial charge < -0.3 is 24.1 Å². The molecule has 3 heterocycles. The average molecular weight is 298 g/mol. The van der Waals surface area contributed by atoms with Gasteiger partial charge >= 0.3 is 0 Å². The van der Waals surface area contributed by atoms with Crippen LogP contribution in [0.3, 0.4) is 0 Å². The highest BCUT2D eigenvalue weighted by Gasteiger charge is 2.61. The van der Waals surface area contributed by atoms with Crippen LogP contribution in [0.25, 0.3) is 0 Å². The Morgan fingerprint density at radius 3 is 2.29 bits per heavy atom. The van der Waals surface area contributed by atoms with Gasteiger partial charge in [-0.2, -0.15) is 0 Å². The molecular weight excluding hydrogens is 272 g/mol. The van der Waals surface area contributed by atoms with Crippen LogP contribution in [-0.4, -0.2) is 48.7 Å². The third-order valence-electron chi connectivity index (χ3n) is 4.71. The van der Waals surface area contributed by atoms with Gasteiger partial charge in [0.2, 0.25) is 11.6 Å². The number of ether oxygens (including phenoxy) is 4. The van der Waals surface area contributed by atoms with Crippen LogP contribution in [0, 0.1) is 0 Å². The molecule has 0 aromatic carbocycles. The Bertz CT molecular complexity index is 358. The first-order valence-corrected chi connectivity index (χ1v) is 8.10. The summed E-state index contributed by atoms with van der Waals surface area (Å²) < 4.78 is 24.4. The molecule has 0 saturated carbocycles. The zero-order valence-electron chi connectivity index (χ0n) is 12.6. The first kappa shape index (κ1) is 15.4. The van der Waals surface area contributed by atoms with Crippen molar-refractivity contribution in [2.24, 2.45) is 0 Å². The van der Waals surface area contributed by atoms with Gasteiger partial charge in [-0.15, -0.1) is 6.58 Å². The first-order valence-electron chi connectivity index (χ1n) is 8.10. The lowest BCUT2D eigenvalue weighted by Gasteiger charge is -2.56. The molecule has 1 N–H and O–H groups in total. The summed E-state index contributed by atoms with van der Waals surface area (Å²) in [4.78, 5) is 0. The second-order valence-corrected chi connectivity index (χ2v) is 6.18. The lowest BCUT2D eigenvalue weighted by atomic mass is 9.89. The monoisotopic (exact) mass is 298 g/mol. The third kappa shape index (κ3) is 2.78. The number of fused-ring (bicyclic) bond motifs is 1. The van der Waals surface area contributed by atoms with Crippen molar-refractivity contribution in [3.05, 3.63) is 12.7 Å². The summed E-state index contributed by atoms with van der Waals surface area (Å²) in [7, 11) is 0. The first-order chi connectivity index (χ1) is 10.2. The number of hydrogen-bond acceptors (Lipinski definition) is 5. The zero-order chi connectivity index (χ0) is 14.8. The van der Waals surface area contributed by atoms with Crippen LogP contribution in [0.2, 0.25) is 0 Å². The zero-order valence-corrected chi connectivity index (χ0v) is 12.6. The van der Waals surface area contributed by atoms with Gasteiger partial charge in [-0.3, -0.25) is 0 Å². The minimum Gasteiger partial charge on any atom is -0.390 e. The van der Waals surface area contributed by atoms with E-state index in [1.807, 2.05) is 0 Å². The molecule has 0 amide bonds. The highest BCUT2D eigenvalue weighted by Crippen LogP contribution is 2.48. The minimum atomic E-state index is -0.864. The van der Waals surface area contributed by atoms with Crippen molar-refractivity contribution >= 4 is 0 Å².